The third-order valence-electron chi connectivity index (χ3n) is 5.70. The zero-order chi connectivity index (χ0) is 22.8. The Hall–Kier alpha value is -4.14. The number of likely N-dealkylation sites (tertiary alicyclic amines) is 1. The van der Waals surface area contributed by atoms with Gasteiger partial charge < -0.3 is 24.0 Å². The van der Waals surface area contributed by atoms with Gasteiger partial charge in [0.2, 0.25) is 0 Å². The molecule has 1 N–H and O–H groups in total. The number of benzene rings is 1. The van der Waals surface area contributed by atoms with E-state index in [0.717, 1.165) is 0 Å². The Labute approximate surface area is 189 Å². The molecular formula is C24H22N4O5. The van der Waals surface area contributed by atoms with Crippen LogP contribution in [-0.4, -0.2) is 56.0 Å². The number of rotatable bonds is 6. The Morgan fingerprint density at radius 1 is 1.06 bits per heavy atom. The van der Waals surface area contributed by atoms with Crippen LogP contribution in [0.3, 0.4) is 0 Å². The number of aromatic nitrogens is 3. The van der Waals surface area contributed by atoms with Crippen LogP contribution in [0.15, 0.2) is 66.9 Å². The number of ether oxygens (including phenoxy) is 2. The Morgan fingerprint density at radius 3 is 2.67 bits per heavy atom. The van der Waals surface area contributed by atoms with Crippen LogP contribution in [0.4, 0.5) is 0 Å². The Kier molecular flexibility index (Phi) is 5.52. The van der Waals surface area contributed by atoms with Gasteiger partial charge in [0.05, 0.1) is 17.6 Å². The lowest BCUT2D eigenvalue weighted by atomic mass is 9.98. The average molecular weight is 446 g/mol. The molecule has 2 aliphatic rings. The van der Waals surface area contributed by atoms with E-state index < -0.39 is 17.7 Å². The molecule has 2 aliphatic heterocycles. The number of imidazole rings is 1. The molecule has 1 fully saturated rings. The summed E-state index contributed by atoms with van der Waals surface area (Å²) in [4.78, 5) is 36.0. The monoisotopic (exact) mass is 446 g/mol. The molecule has 9 heteroatoms. The summed E-state index contributed by atoms with van der Waals surface area (Å²) >= 11 is 0. The molecular weight excluding hydrogens is 424 g/mol. The van der Waals surface area contributed by atoms with Gasteiger partial charge >= 0.3 is 0 Å². The van der Waals surface area contributed by atoms with E-state index in [2.05, 4.69) is 9.97 Å². The normalized spacial score (nSPS) is 19.2. The first-order valence-corrected chi connectivity index (χ1v) is 10.7. The van der Waals surface area contributed by atoms with Gasteiger partial charge in [-0.1, -0.05) is 6.07 Å². The molecule has 4 heterocycles. The molecule has 0 bridgehead atoms. The zero-order valence-corrected chi connectivity index (χ0v) is 17.8. The molecule has 2 aromatic heterocycles. The molecule has 33 heavy (non-hydrogen) atoms. The number of aryl methyl sites for hydroxylation is 1. The summed E-state index contributed by atoms with van der Waals surface area (Å²) in [5.74, 6) is -0.609. The van der Waals surface area contributed by atoms with Crippen molar-refractivity contribution in [3.8, 4) is 11.5 Å². The van der Waals surface area contributed by atoms with Crippen LogP contribution in [-0.2, 0) is 16.1 Å². The van der Waals surface area contributed by atoms with Crippen molar-refractivity contribution < 1.29 is 24.2 Å². The molecule has 9 nitrogen and oxygen atoms in total. The molecule has 0 spiro atoms. The summed E-state index contributed by atoms with van der Waals surface area (Å²) in [7, 11) is 0. The molecule has 1 amide bonds. The van der Waals surface area contributed by atoms with E-state index in [1.165, 1.54) is 4.90 Å². The Balaban J connectivity index is 1.52. The van der Waals surface area contributed by atoms with Gasteiger partial charge in [0.15, 0.2) is 11.5 Å². The van der Waals surface area contributed by atoms with Gasteiger partial charge in [-0.15, -0.1) is 0 Å². The van der Waals surface area contributed by atoms with E-state index in [1.54, 1.807) is 55.1 Å². The van der Waals surface area contributed by atoms with Crippen LogP contribution in [0.25, 0.3) is 5.76 Å². The second-order valence-corrected chi connectivity index (χ2v) is 7.76. The molecule has 1 aromatic carbocycles. The standard InChI is InChI=1S/C24H22N4O5/c29-22(16-5-6-18-19(14-16)33-13-12-32-18)20-21(17-4-1-2-7-26-17)28(24(31)23(20)30)10-3-9-27-11-8-25-15-27/h1-2,4-8,11,14-15,21,29H,3,9-10,12-13H2/b22-20+/t21-/m0/s1. The summed E-state index contributed by atoms with van der Waals surface area (Å²) in [6.45, 7) is 1.80. The van der Waals surface area contributed by atoms with Crippen molar-refractivity contribution in [3.63, 3.8) is 0 Å². The minimum Gasteiger partial charge on any atom is -0.507 e. The summed E-state index contributed by atoms with van der Waals surface area (Å²) < 4.78 is 13.0. The Morgan fingerprint density at radius 2 is 1.91 bits per heavy atom. The largest absolute Gasteiger partial charge is 0.507 e. The summed E-state index contributed by atoms with van der Waals surface area (Å²) in [5.41, 5.74) is 0.896. The molecule has 3 aromatic rings. The predicted octanol–water partition coefficient (Wildman–Crippen LogP) is 2.56. The van der Waals surface area contributed by atoms with Crippen molar-refractivity contribution in [2.75, 3.05) is 19.8 Å². The third-order valence-corrected chi connectivity index (χ3v) is 5.70. The summed E-state index contributed by atoms with van der Waals surface area (Å²) in [5, 5.41) is 11.2. The van der Waals surface area contributed by atoms with Crippen molar-refractivity contribution >= 4 is 17.4 Å². The lowest BCUT2D eigenvalue weighted by Gasteiger charge is -2.24. The van der Waals surface area contributed by atoms with E-state index >= 15 is 0 Å². The second kappa shape index (κ2) is 8.78. The van der Waals surface area contributed by atoms with Crippen LogP contribution in [0, 0.1) is 0 Å². The van der Waals surface area contributed by atoms with Gasteiger partial charge in [0.25, 0.3) is 11.7 Å². The van der Waals surface area contributed by atoms with Crippen LogP contribution >= 0.6 is 0 Å². The van der Waals surface area contributed by atoms with Crippen molar-refractivity contribution in [2.45, 2.75) is 19.0 Å². The number of carbonyl (C=O) groups is 2. The number of Topliss-reactive ketones (excluding diaryl/α,β-unsaturated/α-hetero) is 1. The highest BCUT2D eigenvalue weighted by Crippen LogP contribution is 2.40. The maximum Gasteiger partial charge on any atom is 0.295 e. The van der Waals surface area contributed by atoms with Crippen LogP contribution in [0.1, 0.15) is 23.7 Å². The minimum absolute atomic E-state index is 0.0120. The van der Waals surface area contributed by atoms with Crippen molar-refractivity contribution in [1.82, 2.24) is 19.4 Å². The van der Waals surface area contributed by atoms with Crippen LogP contribution in [0.5, 0.6) is 11.5 Å². The van der Waals surface area contributed by atoms with E-state index in [1.807, 2.05) is 10.8 Å². The molecule has 0 saturated carbocycles. The SMILES string of the molecule is O=C1C(=O)N(CCCn2ccnc2)[C@@H](c2ccccn2)/C1=C(\O)c1ccc2c(c1)OCCO2. The summed E-state index contributed by atoms with van der Waals surface area (Å²) in [6.07, 6.45) is 7.44. The fourth-order valence-electron chi connectivity index (χ4n) is 4.14. The number of aliphatic hydroxyl groups is 1. The smallest absolute Gasteiger partial charge is 0.295 e. The minimum atomic E-state index is -0.790. The first kappa shape index (κ1) is 20.7. The molecule has 168 valence electrons. The molecule has 5 rings (SSSR count). The number of hydrogen-bond donors (Lipinski definition) is 1. The number of fused-ring (bicyclic) bond motifs is 1. The fourth-order valence-corrected chi connectivity index (χ4v) is 4.14. The van der Waals surface area contributed by atoms with Crippen LogP contribution in [0.2, 0.25) is 0 Å². The maximum absolute atomic E-state index is 13.1. The molecule has 1 saturated heterocycles. The number of carbonyl (C=O) groups excluding carboxylic acids is 2. The zero-order valence-electron chi connectivity index (χ0n) is 17.8. The van der Waals surface area contributed by atoms with Gasteiger partial charge in [0.1, 0.15) is 25.0 Å². The predicted molar refractivity (Wildman–Crippen MR) is 118 cm³/mol. The second-order valence-electron chi connectivity index (χ2n) is 7.76. The lowest BCUT2D eigenvalue weighted by Crippen LogP contribution is -2.31. The van der Waals surface area contributed by atoms with Crippen molar-refractivity contribution in [3.05, 3.63) is 78.1 Å². The highest BCUT2D eigenvalue weighted by atomic mass is 16.6. The maximum atomic E-state index is 13.1. The van der Waals surface area contributed by atoms with E-state index in [9.17, 15) is 14.7 Å². The fraction of sp³-hybridized carbons (Fsp3) is 0.250. The number of hydrogen-bond acceptors (Lipinski definition) is 7. The first-order chi connectivity index (χ1) is 16.1. The molecule has 0 radical (unpaired) electrons. The first-order valence-electron chi connectivity index (χ1n) is 10.7. The number of pyridine rings is 1. The quantitative estimate of drug-likeness (QED) is 0.352. The van der Waals surface area contributed by atoms with Crippen molar-refractivity contribution in [1.29, 1.82) is 0 Å². The van der Waals surface area contributed by atoms with Gasteiger partial charge in [-0.25, -0.2) is 4.98 Å². The third kappa shape index (κ3) is 3.93. The number of aliphatic hydroxyl groups excluding tert-OH is 1. The van der Waals surface area contributed by atoms with E-state index in [0.29, 0.717) is 55.5 Å². The van der Waals surface area contributed by atoms with E-state index in [-0.39, 0.29) is 11.3 Å². The van der Waals surface area contributed by atoms with E-state index in [4.69, 9.17) is 9.47 Å². The topological polar surface area (TPSA) is 107 Å². The van der Waals surface area contributed by atoms with Gasteiger partial charge in [-0.3, -0.25) is 14.6 Å². The molecule has 0 aliphatic carbocycles. The Bertz CT molecular complexity index is 1210. The number of nitrogens with zero attached hydrogens (tertiary/aromatic N) is 4. The average Bonchev–Trinajstić information content (AvgIpc) is 3.46. The highest BCUT2D eigenvalue weighted by Gasteiger charge is 2.46. The number of amides is 1. The van der Waals surface area contributed by atoms with Gasteiger partial charge in [0, 0.05) is 37.2 Å². The van der Waals surface area contributed by atoms with Gasteiger partial charge in [-0.2, -0.15) is 0 Å². The molecule has 0 unspecified atom stereocenters. The lowest BCUT2D eigenvalue weighted by molar-refractivity contribution is -0.140. The molecule has 1 atom stereocenters. The highest BCUT2D eigenvalue weighted by molar-refractivity contribution is 6.46. The van der Waals surface area contributed by atoms with Crippen LogP contribution < -0.4 is 9.47 Å². The number of ketones is 1. The summed E-state index contributed by atoms with van der Waals surface area (Å²) in [6, 6.07) is 9.45. The van der Waals surface area contributed by atoms with Gasteiger partial charge in [-0.05, 0) is 36.8 Å². The van der Waals surface area contributed by atoms with Crippen molar-refractivity contribution in [2.24, 2.45) is 0 Å².